The van der Waals surface area contributed by atoms with Crippen molar-refractivity contribution in [2.24, 2.45) is 0 Å². The molecule has 3 nitrogen and oxygen atoms in total. The quantitative estimate of drug-likeness (QED) is 0.644. The number of nitrogens with zero attached hydrogens (tertiary/aromatic N) is 3. The van der Waals surface area contributed by atoms with Crippen molar-refractivity contribution >= 4 is 32.9 Å². The lowest BCUT2D eigenvalue weighted by molar-refractivity contribution is -0.504. The zero-order chi connectivity index (χ0) is 13.4. The fraction of sp³-hybridized carbons (Fsp3) is 0.333. The molecule has 106 valence electrons. The molecule has 0 saturated carbocycles. The van der Waals surface area contributed by atoms with Crippen LogP contribution in [0.2, 0.25) is 0 Å². The molecule has 0 unspecified atom stereocenters. The second-order valence-corrected chi connectivity index (χ2v) is 5.44. The molecule has 0 atom stereocenters. The summed E-state index contributed by atoms with van der Waals surface area (Å²) in [6.45, 7) is 8.50. The zero-order valence-corrected chi connectivity index (χ0v) is 13.5. The maximum absolute atomic E-state index is 4.73. The Morgan fingerprint density at radius 3 is 2.60 bits per heavy atom. The van der Waals surface area contributed by atoms with Gasteiger partial charge in [-0.2, -0.15) is 4.40 Å². The van der Waals surface area contributed by atoms with Gasteiger partial charge in [0.1, 0.15) is 5.52 Å². The Kier molecular flexibility index (Phi) is 4.45. The molecule has 5 heteroatoms. The van der Waals surface area contributed by atoms with E-state index >= 15 is 0 Å². The number of hydrogen-bond donors (Lipinski definition) is 0. The summed E-state index contributed by atoms with van der Waals surface area (Å²) < 4.78 is 2.28. The summed E-state index contributed by atoms with van der Waals surface area (Å²) in [5, 5.41) is 3.47. The van der Waals surface area contributed by atoms with E-state index in [-0.39, 0.29) is 12.4 Å². The van der Waals surface area contributed by atoms with Crippen LogP contribution in [0, 0.1) is 6.92 Å². The van der Waals surface area contributed by atoms with E-state index in [2.05, 4.69) is 53.7 Å². The summed E-state index contributed by atoms with van der Waals surface area (Å²) in [7, 11) is 0. The summed E-state index contributed by atoms with van der Waals surface area (Å²) >= 11 is 1.80. The van der Waals surface area contributed by atoms with Crippen molar-refractivity contribution in [2.45, 2.75) is 20.8 Å². The standard InChI is InChI=1S/C15H18N3S.ClH/c1-4-17(5-2)14-10-19-15-12-8-6-7-9-13(12)16-11(3)18(14)15;/h6-10H,4-5H2,1-3H3;1H/q+1;/p-1. The Morgan fingerprint density at radius 1 is 1.20 bits per heavy atom. The molecule has 0 N–H and O–H groups in total. The largest absolute Gasteiger partial charge is 1.00 e. The van der Waals surface area contributed by atoms with Gasteiger partial charge in [-0.05, 0) is 26.0 Å². The van der Waals surface area contributed by atoms with E-state index in [4.69, 9.17) is 4.98 Å². The molecule has 2 aromatic heterocycles. The van der Waals surface area contributed by atoms with Gasteiger partial charge in [0.05, 0.1) is 23.9 Å². The highest BCUT2D eigenvalue weighted by atomic mass is 35.5. The van der Waals surface area contributed by atoms with Crippen LogP contribution in [0.1, 0.15) is 19.7 Å². The summed E-state index contributed by atoms with van der Waals surface area (Å²) in [5.74, 6) is 2.30. The minimum Gasteiger partial charge on any atom is -1.00 e. The molecule has 0 spiro atoms. The average molecular weight is 308 g/mol. The number of thiazole rings is 1. The maximum atomic E-state index is 4.73. The molecule has 1 aromatic carbocycles. The SMILES string of the molecule is CCN(CC)c1csc2c3ccccc3nc(C)[n+]12.[Cl-]. The van der Waals surface area contributed by atoms with Gasteiger partial charge in [0.25, 0.3) is 0 Å². The van der Waals surface area contributed by atoms with Gasteiger partial charge in [0.2, 0.25) is 11.6 Å². The third-order valence-electron chi connectivity index (χ3n) is 3.54. The highest BCUT2D eigenvalue weighted by molar-refractivity contribution is 7.16. The number of aryl methyl sites for hydroxylation is 1. The van der Waals surface area contributed by atoms with Crippen molar-refractivity contribution in [1.82, 2.24) is 4.98 Å². The zero-order valence-electron chi connectivity index (χ0n) is 11.9. The van der Waals surface area contributed by atoms with E-state index in [0.717, 1.165) is 24.4 Å². The van der Waals surface area contributed by atoms with Crippen LogP contribution in [0.3, 0.4) is 0 Å². The van der Waals surface area contributed by atoms with Crippen molar-refractivity contribution in [2.75, 3.05) is 18.0 Å². The molecule has 0 amide bonds. The summed E-state index contributed by atoms with van der Waals surface area (Å²) in [6, 6.07) is 8.36. The van der Waals surface area contributed by atoms with Crippen LogP contribution >= 0.6 is 11.3 Å². The minimum absolute atomic E-state index is 0. The number of para-hydroxylation sites is 1. The summed E-state index contributed by atoms with van der Waals surface area (Å²) in [4.78, 5) is 8.38. The van der Waals surface area contributed by atoms with Gasteiger partial charge in [0.15, 0.2) is 4.83 Å². The van der Waals surface area contributed by atoms with Crippen LogP contribution in [0.25, 0.3) is 15.7 Å². The second-order valence-electron chi connectivity index (χ2n) is 4.58. The predicted octanol–water partition coefficient (Wildman–Crippen LogP) is 0.194. The molecule has 0 saturated heterocycles. The first kappa shape index (κ1) is 15.0. The Bertz CT molecular complexity index is 734. The Hall–Kier alpha value is -1.39. The third-order valence-corrected chi connectivity index (χ3v) is 4.49. The Morgan fingerprint density at radius 2 is 1.90 bits per heavy atom. The monoisotopic (exact) mass is 307 g/mol. The lowest BCUT2D eigenvalue weighted by Crippen LogP contribution is -3.00. The van der Waals surface area contributed by atoms with E-state index in [0.29, 0.717) is 0 Å². The molecule has 0 radical (unpaired) electrons. The molecule has 0 aliphatic rings. The van der Waals surface area contributed by atoms with E-state index in [1.54, 1.807) is 11.3 Å². The minimum atomic E-state index is 0. The molecule has 0 aliphatic heterocycles. The van der Waals surface area contributed by atoms with E-state index in [1.165, 1.54) is 16.0 Å². The van der Waals surface area contributed by atoms with E-state index in [9.17, 15) is 0 Å². The summed E-state index contributed by atoms with van der Waals surface area (Å²) in [6.07, 6.45) is 0. The smallest absolute Gasteiger partial charge is 0.241 e. The molecule has 0 aliphatic carbocycles. The van der Waals surface area contributed by atoms with Gasteiger partial charge in [-0.15, -0.1) is 16.3 Å². The highest BCUT2D eigenvalue weighted by Gasteiger charge is 2.20. The fourth-order valence-corrected chi connectivity index (χ4v) is 3.66. The van der Waals surface area contributed by atoms with Crippen LogP contribution in [0.4, 0.5) is 5.82 Å². The van der Waals surface area contributed by atoms with E-state index in [1.807, 2.05) is 6.07 Å². The molecular formula is C15H18ClN3S. The normalized spacial score (nSPS) is 10.8. The van der Waals surface area contributed by atoms with Crippen LogP contribution in [-0.2, 0) is 0 Å². The van der Waals surface area contributed by atoms with Gasteiger partial charge in [-0.1, -0.05) is 12.1 Å². The lowest BCUT2D eigenvalue weighted by Gasteiger charge is -2.14. The van der Waals surface area contributed by atoms with Gasteiger partial charge in [-0.3, -0.25) is 4.90 Å². The fourth-order valence-electron chi connectivity index (χ4n) is 2.55. The van der Waals surface area contributed by atoms with Crippen molar-refractivity contribution in [3.63, 3.8) is 0 Å². The van der Waals surface area contributed by atoms with Gasteiger partial charge in [0, 0.05) is 6.92 Å². The molecule has 3 aromatic rings. The number of hydrogen-bond acceptors (Lipinski definition) is 3. The van der Waals surface area contributed by atoms with Crippen LogP contribution in [0.15, 0.2) is 29.6 Å². The van der Waals surface area contributed by atoms with Crippen LogP contribution in [0.5, 0.6) is 0 Å². The van der Waals surface area contributed by atoms with Crippen molar-refractivity contribution in [3.8, 4) is 0 Å². The van der Waals surface area contributed by atoms with Gasteiger partial charge < -0.3 is 12.4 Å². The topological polar surface area (TPSA) is 20.2 Å². The number of fused-ring (bicyclic) bond motifs is 3. The van der Waals surface area contributed by atoms with Crippen molar-refractivity contribution in [1.29, 1.82) is 0 Å². The highest BCUT2D eigenvalue weighted by Crippen LogP contribution is 2.24. The number of benzene rings is 1. The molecule has 0 bridgehead atoms. The third kappa shape index (κ3) is 2.23. The van der Waals surface area contributed by atoms with Crippen molar-refractivity contribution in [3.05, 3.63) is 35.5 Å². The number of aromatic nitrogens is 2. The Balaban J connectivity index is 0.00000147. The molecule has 2 heterocycles. The second kappa shape index (κ2) is 5.94. The first-order valence-electron chi connectivity index (χ1n) is 6.69. The first-order chi connectivity index (χ1) is 9.26. The van der Waals surface area contributed by atoms with Crippen LogP contribution < -0.4 is 21.7 Å². The van der Waals surface area contributed by atoms with Gasteiger partial charge >= 0.3 is 0 Å². The van der Waals surface area contributed by atoms with E-state index < -0.39 is 0 Å². The molecular weight excluding hydrogens is 290 g/mol. The molecule has 20 heavy (non-hydrogen) atoms. The lowest BCUT2D eigenvalue weighted by atomic mass is 10.2. The average Bonchev–Trinajstić information content (AvgIpc) is 2.86. The van der Waals surface area contributed by atoms with Gasteiger partial charge in [-0.25, -0.2) is 0 Å². The Labute approximate surface area is 129 Å². The maximum Gasteiger partial charge on any atom is 0.241 e. The first-order valence-corrected chi connectivity index (χ1v) is 7.57. The molecule has 0 fully saturated rings. The van der Waals surface area contributed by atoms with Crippen molar-refractivity contribution < 1.29 is 16.8 Å². The predicted molar refractivity (Wildman–Crippen MR) is 81.1 cm³/mol. The number of halogens is 1. The number of rotatable bonds is 3. The van der Waals surface area contributed by atoms with Crippen LogP contribution in [-0.4, -0.2) is 18.1 Å². The molecule has 3 rings (SSSR count). The number of anilines is 1. The summed E-state index contributed by atoms with van der Waals surface area (Å²) in [5.41, 5.74) is 1.08.